The number of oxazole rings is 1. The molecular weight excluding hydrogens is 249 g/mol. The van der Waals surface area contributed by atoms with Gasteiger partial charge in [-0.1, -0.05) is 11.6 Å². The summed E-state index contributed by atoms with van der Waals surface area (Å²) < 4.78 is 18.4. The molecule has 1 heterocycles. The molecule has 0 unspecified atom stereocenters. The Balaban J connectivity index is 2.17. The Morgan fingerprint density at radius 1 is 1.53 bits per heavy atom. The molecule has 0 bridgehead atoms. The fraction of sp³-hybridized carbons (Fsp3) is 0.273. The number of aromatic nitrogens is 1. The van der Waals surface area contributed by atoms with Crippen LogP contribution in [0.15, 0.2) is 16.5 Å². The molecule has 0 aliphatic heterocycles. The van der Waals surface area contributed by atoms with E-state index in [1.54, 1.807) is 0 Å². The van der Waals surface area contributed by atoms with Crippen molar-refractivity contribution in [3.8, 4) is 0 Å². The Morgan fingerprint density at radius 3 is 3.00 bits per heavy atom. The van der Waals surface area contributed by atoms with Gasteiger partial charge in [0, 0.05) is 18.9 Å². The van der Waals surface area contributed by atoms with Crippen molar-refractivity contribution < 1.29 is 18.7 Å². The zero-order valence-corrected chi connectivity index (χ0v) is 9.50. The van der Waals surface area contributed by atoms with E-state index in [1.165, 1.54) is 12.1 Å². The van der Waals surface area contributed by atoms with Crippen LogP contribution in [0.1, 0.15) is 18.7 Å². The number of aliphatic carboxylic acids is 1. The minimum absolute atomic E-state index is 0.0112. The standard InChI is InChI=1S/C11H9ClFNO3/c12-6-4-8-9(5-7(6)13)17-10(14-8)2-1-3-11(15)16/h4-5H,1-3H2,(H,15,16). The van der Waals surface area contributed by atoms with Gasteiger partial charge in [-0.05, 0) is 12.5 Å². The summed E-state index contributed by atoms with van der Waals surface area (Å²) in [6.07, 6.45) is 0.881. The van der Waals surface area contributed by atoms with E-state index in [2.05, 4.69) is 4.98 Å². The average molecular weight is 258 g/mol. The molecular formula is C11H9ClFNO3. The highest BCUT2D eigenvalue weighted by Crippen LogP contribution is 2.23. The summed E-state index contributed by atoms with van der Waals surface area (Å²) in [5, 5.41) is 8.47. The van der Waals surface area contributed by atoms with Crippen LogP contribution in [0.2, 0.25) is 5.02 Å². The van der Waals surface area contributed by atoms with Crippen molar-refractivity contribution in [1.82, 2.24) is 4.98 Å². The lowest BCUT2D eigenvalue weighted by molar-refractivity contribution is -0.137. The first kappa shape index (κ1) is 11.9. The predicted octanol–water partition coefficient (Wildman–Crippen LogP) is 3.03. The van der Waals surface area contributed by atoms with Crippen molar-refractivity contribution in [2.24, 2.45) is 0 Å². The van der Waals surface area contributed by atoms with E-state index in [4.69, 9.17) is 21.1 Å². The van der Waals surface area contributed by atoms with E-state index in [9.17, 15) is 9.18 Å². The molecule has 0 spiro atoms. The third-order valence-electron chi connectivity index (χ3n) is 2.26. The van der Waals surface area contributed by atoms with Gasteiger partial charge in [-0.25, -0.2) is 9.37 Å². The van der Waals surface area contributed by atoms with Gasteiger partial charge in [-0.2, -0.15) is 0 Å². The number of carbonyl (C=O) groups is 1. The maximum atomic E-state index is 13.1. The monoisotopic (exact) mass is 257 g/mol. The quantitative estimate of drug-likeness (QED) is 0.914. The highest BCUT2D eigenvalue weighted by Gasteiger charge is 2.10. The van der Waals surface area contributed by atoms with Crippen molar-refractivity contribution in [3.05, 3.63) is 28.9 Å². The summed E-state index contributed by atoms with van der Waals surface area (Å²) in [7, 11) is 0. The Kier molecular flexibility index (Phi) is 3.28. The molecule has 1 aromatic heterocycles. The number of nitrogens with zero attached hydrogens (tertiary/aromatic N) is 1. The first-order chi connectivity index (χ1) is 8.06. The first-order valence-corrected chi connectivity index (χ1v) is 5.40. The normalized spacial score (nSPS) is 10.9. The molecule has 4 nitrogen and oxygen atoms in total. The molecule has 0 aliphatic rings. The third kappa shape index (κ3) is 2.74. The number of hydrogen-bond acceptors (Lipinski definition) is 3. The minimum Gasteiger partial charge on any atom is -0.481 e. The average Bonchev–Trinajstić information content (AvgIpc) is 2.60. The minimum atomic E-state index is -0.866. The smallest absolute Gasteiger partial charge is 0.303 e. The second kappa shape index (κ2) is 4.71. The maximum absolute atomic E-state index is 13.1. The van der Waals surface area contributed by atoms with Gasteiger partial charge in [-0.15, -0.1) is 0 Å². The molecule has 17 heavy (non-hydrogen) atoms. The topological polar surface area (TPSA) is 63.3 Å². The highest BCUT2D eigenvalue weighted by atomic mass is 35.5. The number of carboxylic acids is 1. The predicted molar refractivity (Wildman–Crippen MR) is 59.6 cm³/mol. The number of halogens is 2. The van der Waals surface area contributed by atoms with Crippen molar-refractivity contribution in [2.75, 3.05) is 0 Å². The summed E-state index contributed by atoms with van der Waals surface area (Å²) in [5.74, 6) is -1.04. The number of carboxylic acid groups (broad SMARTS) is 1. The van der Waals surface area contributed by atoms with Crippen LogP contribution in [0.3, 0.4) is 0 Å². The largest absolute Gasteiger partial charge is 0.481 e. The van der Waals surface area contributed by atoms with E-state index < -0.39 is 11.8 Å². The Labute approximate surface area is 101 Å². The van der Waals surface area contributed by atoms with E-state index in [1.807, 2.05) is 0 Å². The zero-order valence-electron chi connectivity index (χ0n) is 8.74. The summed E-state index contributed by atoms with van der Waals surface area (Å²) in [4.78, 5) is 14.4. The second-order valence-corrected chi connectivity index (χ2v) is 4.00. The molecule has 90 valence electrons. The number of benzene rings is 1. The van der Waals surface area contributed by atoms with Gasteiger partial charge in [0.1, 0.15) is 11.3 Å². The van der Waals surface area contributed by atoms with E-state index in [0.29, 0.717) is 29.8 Å². The Hall–Kier alpha value is -1.62. The molecule has 2 rings (SSSR count). The van der Waals surface area contributed by atoms with Crippen molar-refractivity contribution >= 4 is 28.7 Å². The molecule has 0 fully saturated rings. The zero-order chi connectivity index (χ0) is 12.4. The van der Waals surface area contributed by atoms with E-state index in [0.717, 1.165) is 0 Å². The Bertz CT molecular complexity index is 528. The lowest BCUT2D eigenvalue weighted by Gasteiger charge is -1.91. The van der Waals surface area contributed by atoms with Gasteiger partial charge in [0.2, 0.25) is 0 Å². The number of aryl methyl sites for hydroxylation is 1. The van der Waals surface area contributed by atoms with Crippen LogP contribution in [0, 0.1) is 5.82 Å². The Morgan fingerprint density at radius 2 is 2.29 bits per heavy atom. The SMILES string of the molecule is O=C(O)CCCc1nc2cc(Cl)c(F)cc2o1. The van der Waals surface area contributed by atoms with Crippen LogP contribution in [0.4, 0.5) is 4.39 Å². The third-order valence-corrected chi connectivity index (χ3v) is 2.55. The van der Waals surface area contributed by atoms with Gasteiger partial charge in [0.25, 0.3) is 0 Å². The lowest BCUT2D eigenvalue weighted by atomic mass is 10.2. The van der Waals surface area contributed by atoms with Crippen LogP contribution in [0.25, 0.3) is 11.1 Å². The fourth-order valence-electron chi connectivity index (χ4n) is 1.47. The van der Waals surface area contributed by atoms with Crippen LogP contribution in [-0.4, -0.2) is 16.1 Å². The molecule has 0 radical (unpaired) electrons. The molecule has 0 amide bonds. The van der Waals surface area contributed by atoms with Crippen LogP contribution in [-0.2, 0) is 11.2 Å². The summed E-state index contributed by atoms with van der Waals surface area (Å²) in [6, 6.07) is 2.56. The molecule has 2 aromatic rings. The summed E-state index contributed by atoms with van der Waals surface area (Å²) in [5.41, 5.74) is 0.791. The van der Waals surface area contributed by atoms with Crippen LogP contribution < -0.4 is 0 Å². The van der Waals surface area contributed by atoms with Crippen molar-refractivity contribution in [1.29, 1.82) is 0 Å². The first-order valence-electron chi connectivity index (χ1n) is 5.02. The van der Waals surface area contributed by atoms with E-state index >= 15 is 0 Å². The van der Waals surface area contributed by atoms with Gasteiger partial charge >= 0.3 is 5.97 Å². The number of fused-ring (bicyclic) bond motifs is 1. The summed E-state index contributed by atoms with van der Waals surface area (Å²) in [6.45, 7) is 0. The second-order valence-electron chi connectivity index (χ2n) is 3.59. The maximum Gasteiger partial charge on any atom is 0.303 e. The van der Waals surface area contributed by atoms with E-state index in [-0.39, 0.29) is 11.4 Å². The fourth-order valence-corrected chi connectivity index (χ4v) is 1.63. The molecule has 1 aromatic carbocycles. The van der Waals surface area contributed by atoms with Gasteiger partial charge in [0.15, 0.2) is 11.5 Å². The molecule has 0 atom stereocenters. The molecule has 0 saturated carbocycles. The summed E-state index contributed by atoms with van der Waals surface area (Å²) >= 11 is 5.61. The lowest BCUT2D eigenvalue weighted by Crippen LogP contribution is -1.95. The van der Waals surface area contributed by atoms with Gasteiger partial charge in [-0.3, -0.25) is 4.79 Å². The van der Waals surface area contributed by atoms with Crippen LogP contribution in [0.5, 0.6) is 0 Å². The van der Waals surface area contributed by atoms with Crippen LogP contribution >= 0.6 is 11.6 Å². The number of rotatable bonds is 4. The van der Waals surface area contributed by atoms with Gasteiger partial charge in [0.05, 0.1) is 5.02 Å². The molecule has 0 saturated heterocycles. The van der Waals surface area contributed by atoms with Crippen molar-refractivity contribution in [2.45, 2.75) is 19.3 Å². The highest BCUT2D eigenvalue weighted by molar-refractivity contribution is 6.31. The number of hydrogen-bond donors (Lipinski definition) is 1. The van der Waals surface area contributed by atoms with Gasteiger partial charge < -0.3 is 9.52 Å². The molecule has 6 heteroatoms. The molecule has 0 aliphatic carbocycles. The molecule has 1 N–H and O–H groups in total. The van der Waals surface area contributed by atoms with Crippen molar-refractivity contribution in [3.63, 3.8) is 0 Å².